The van der Waals surface area contributed by atoms with E-state index in [0.717, 1.165) is 0 Å². The van der Waals surface area contributed by atoms with Crippen molar-refractivity contribution in [3.05, 3.63) is 11.8 Å². The molecule has 8 nitrogen and oxygen atoms in total. The van der Waals surface area contributed by atoms with Crippen molar-refractivity contribution < 1.29 is 18.0 Å². The molecule has 2 amide bonds. The molecule has 0 bridgehead atoms. The monoisotopic (exact) mass is 368 g/mol. The maximum Gasteiger partial charge on any atom is 0.266 e. The summed E-state index contributed by atoms with van der Waals surface area (Å²) in [5, 5.41) is 9.38. The molecule has 2 fully saturated rings. The molecule has 2 heterocycles. The fourth-order valence-corrected chi connectivity index (χ4v) is 4.93. The number of hydrogen-bond donors (Lipinski definition) is 0. The van der Waals surface area contributed by atoms with E-state index in [-0.39, 0.29) is 34.9 Å². The minimum Gasteiger partial charge on any atom is -0.372 e. The molecule has 0 aromatic rings. The fourth-order valence-electron chi connectivity index (χ4n) is 3.18. The van der Waals surface area contributed by atoms with Crippen molar-refractivity contribution in [2.24, 2.45) is 0 Å². The third kappa shape index (κ3) is 4.72. The van der Waals surface area contributed by atoms with Crippen LogP contribution in [0.1, 0.15) is 20.3 Å². The van der Waals surface area contributed by atoms with Gasteiger partial charge < -0.3 is 14.7 Å². The van der Waals surface area contributed by atoms with E-state index in [1.807, 2.05) is 13.0 Å². The van der Waals surface area contributed by atoms with Crippen molar-refractivity contribution in [2.75, 3.05) is 44.2 Å². The summed E-state index contributed by atoms with van der Waals surface area (Å²) >= 11 is 0. The first-order chi connectivity index (χ1) is 11.8. The van der Waals surface area contributed by atoms with Gasteiger partial charge in [0.15, 0.2) is 9.84 Å². The van der Waals surface area contributed by atoms with Crippen LogP contribution in [-0.2, 0) is 19.4 Å². The number of piperazine rings is 1. The van der Waals surface area contributed by atoms with Crippen molar-refractivity contribution in [3.8, 4) is 6.07 Å². The summed E-state index contributed by atoms with van der Waals surface area (Å²) in [6.45, 7) is 5.58. The van der Waals surface area contributed by atoms with Crippen LogP contribution in [0.3, 0.4) is 0 Å². The first kappa shape index (κ1) is 19.2. The maximum atomic E-state index is 12.6. The Labute approximate surface area is 148 Å². The second-order valence-corrected chi connectivity index (χ2v) is 8.57. The minimum atomic E-state index is -3.03. The average molecular weight is 368 g/mol. The lowest BCUT2D eigenvalue weighted by molar-refractivity contribution is -0.136. The van der Waals surface area contributed by atoms with Gasteiger partial charge in [-0.1, -0.05) is 0 Å². The Balaban J connectivity index is 2.07. The zero-order valence-electron chi connectivity index (χ0n) is 14.6. The summed E-state index contributed by atoms with van der Waals surface area (Å²) in [5.74, 6) is -0.195. The number of carbonyl (C=O) groups excluding carboxylic acids is 2. The van der Waals surface area contributed by atoms with Gasteiger partial charge in [0.25, 0.3) is 5.91 Å². The molecule has 9 heteroatoms. The van der Waals surface area contributed by atoms with E-state index in [4.69, 9.17) is 0 Å². The van der Waals surface area contributed by atoms with Crippen LogP contribution >= 0.6 is 0 Å². The number of sulfone groups is 1. The summed E-state index contributed by atoms with van der Waals surface area (Å²) in [4.78, 5) is 28.9. The van der Waals surface area contributed by atoms with E-state index in [1.165, 1.54) is 13.1 Å². The number of nitriles is 1. The van der Waals surface area contributed by atoms with Crippen LogP contribution in [0.5, 0.6) is 0 Å². The molecule has 0 aliphatic carbocycles. The Kier molecular flexibility index (Phi) is 6.06. The van der Waals surface area contributed by atoms with E-state index >= 15 is 0 Å². The summed E-state index contributed by atoms with van der Waals surface area (Å²) in [6, 6.07) is 1.75. The third-order valence-electron chi connectivity index (χ3n) is 4.70. The molecule has 25 heavy (non-hydrogen) atoms. The van der Waals surface area contributed by atoms with E-state index in [0.29, 0.717) is 39.1 Å². The second-order valence-electron chi connectivity index (χ2n) is 6.34. The molecule has 2 rings (SSSR count). The highest BCUT2D eigenvalue weighted by Crippen LogP contribution is 2.19. The fraction of sp³-hybridized carbons (Fsp3) is 0.688. The summed E-state index contributed by atoms with van der Waals surface area (Å²) < 4.78 is 23.3. The van der Waals surface area contributed by atoms with Crippen LogP contribution in [0.15, 0.2) is 11.8 Å². The topological polar surface area (TPSA) is 102 Å². The second kappa shape index (κ2) is 7.87. The molecule has 0 radical (unpaired) electrons. The van der Waals surface area contributed by atoms with E-state index in [2.05, 4.69) is 0 Å². The zero-order chi connectivity index (χ0) is 18.6. The van der Waals surface area contributed by atoms with E-state index < -0.39 is 9.84 Å². The minimum absolute atomic E-state index is 0.00224. The van der Waals surface area contributed by atoms with Crippen LogP contribution in [-0.4, -0.2) is 85.2 Å². The third-order valence-corrected chi connectivity index (χ3v) is 6.45. The Morgan fingerprint density at radius 3 is 2.28 bits per heavy atom. The van der Waals surface area contributed by atoms with Crippen LogP contribution in [0.25, 0.3) is 0 Å². The highest BCUT2D eigenvalue weighted by Gasteiger charge is 2.32. The van der Waals surface area contributed by atoms with Crippen molar-refractivity contribution in [1.82, 2.24) is 14.7 Å². The van der Waals surface area contributed by atoms with Gasteiger partial charge in [-0.25, -0.2) is 8.42 Å². The van der Waals surface area contributed by atoms with Crippen molar-refractivity contribution in [1.29, 1.82) is 5.26 Å². The predicted molar refractivity (Wildman–Crippen MR) is 92.0 cm³/mol. The maximum absolute atomic E-state index is 12.6. The molecule has 0 aromatic carbocycles. The molecule has 2 aliphatic rings. The Bertz CT molecular complexity index is 702. The lowest BCUT2D eigenvalue weighted by atomic mass is 10.2. The lowest BCUT2D eigenvalue weighted by Gasteiger charge is -2.34. The normalized spacial score (nSPS) is 23.2. The molecule has 1 unspecified atom stereocenters. The molecule has 0 spiro atoms. The number of hydrogen-bond acceptors (Lipinski definition) is 6. The number of nitrogens with zero attached hydrogens (tertiary/aromatic N) is 4. The smallest absolute Gasteiger partial charge is 0.266 e. The van der Waals surface area contributed by atoms with Crippen LogP contribution in [0, 0.1) is 11.3 Å². The van der Waals surface area contributed by atoms with Gasteiger partial charge in [-0.2, -0.15) is 5.26 Å². The van der Waals surface area contributed by atoms with Crippen LogP contribution in [0.4, 0.5) is 0 Å². The van der Waals surface area contributed by atoms with Gasteiger partial charge in [0.2, 0.25) is 5.91 Å². The summed E-state index contributed by atoms with van der Waals surface area (Å²) in [7, 11) is -3.03. The predicted octanol–water partition coefficient (Wildman–Crippen LogP) is -0.406. The lowest BCUT2D eigenvalue weighted by Crippen LogP contribution is -2.50. The number of amides is 2. The van der Waals surface area contributed by atoms with Gasteiger partial charge in [0.1, 0.15) is 11.6 Å². The Morgan fingerprint density at radius 2 is 1.84 bits per heavy atom. The van der Waals surface area contributed by atoms with Gasteiger partial charge in [0, 0.05) is 51.9 Å². The average Bonchev–Trinajstić information content (AvgIpc) is 2.95. The van der Waals surface area contributed by atoms with Gasteiger partial charge in [-0.05, 0) is 13.3 Å². The summed E-state index contributed by atoms with van der Waals surface area (Å²) in [6.07, 6.45) is 2.00. The van der Waals surface area contributed by atoms with Gasteiger partial charge in [0.05, 0.1) is 11.5 Å². The molecule has 0 saturated carbocycles. The summed E-state index contributed by atoms with van der Waals surface area (Å²) in [5.41, 5.74) is 0.00224. The molecule has 0 aromatic heterocycles. The van der Waals surface area contributed by atoms with Crippen molar-refractivity contribution in [3.63, 3.8) is 0 Å². The molecule has 2 aliphatic heterocycles. The van der Waals surface area contributed by atoms with E-state index in [1.54, 1.807) is 14.7 Å². The molecule has 0 N–H and O–H groups in total. The van der Waals surface area contributed by atoms with Crippen LogP contribution in [0.2, 0.25) is 0 Å². The van der Waals surface area contributed by atoms with Crippen molar-refractivity contribution >= 4 is 21.7 Å². The van der Waals surface area contributed by atoms with Gasteiger partial charge in [-0.3, -0.25) is 9.59 Å². The first-order valence-electron chi connectivity index (χ1n) is 8.40. The van der Waals surface area contributed by atoms with E-state index in [9.17, 15) is 23.3 Å². The number of rotatable bonds is 4. The molecule has 2 saturated heterocycles. The number of carbonyl (C=O) groups is 2. The zero-order valence-corrected chi connectivity index (χ0v) is 15.5. The highest BCUT2D eigenvalue weighted by molar-refractivity contribution is 7.91. The van der Waals surface area contributed by atoms with Crippen LogP contribution < -0.4 is 0 Å². The van der Waals surface area contributed by atoms with Gasteiger partial charge >= 0.3 is 0 Å². The Hall–Kier alpha value is -2.08. The highest BCUT2D eigenvalue weighted by atomic mass is 32.2. The standard InChI is InChI=1S/C16H24N4O4S/c1-3-18(15-4-9-25(23,24)12-15)11-14(10-17)16(22)20-7-5-19(6-8-20)13(2)21/h11,15H,3-9,12H2,1-2H3/b14-11-. The quantitative estimate of drug-likeness (QED) is 0.494. The molecule has 138 valence electrons. The molecular formula is C16H24N4O4S. The van der Waals surface area contributed by atoms with Crippen molar-refractivity contribution in [2.45, 2.75) is 26.3 Å². The molecule has 1 atom stereocenters. The SMILES string of the molecule is CCN(/C=C(/C#N)C(=O)N1CCN(C(C)=O)CC1)C1CCS(=O)(=O)C1. The first-order valence-corrected chi connectivity index (χ1v) is 10.2. The molecular weight excluding hydrogens is 344 g/mol. The van der Waals surface area contributed by atoms with Gasteiger partial charge in [-0.15, -0.1) is 0 Å². The largest absolute Gasteiger partial charge is 0.372 e. The Morgan fingerprint density at radius 1 is 1.24 bits per heavy atom.